The second-order valence-electron chi connectivity index (χ2n) is 6.13. The van der Waals surface area contributed by atoms with E-state index in [1.165, 1.54) is 0 Å². The lowest BCUT2D eigenvalue weighted by Gasteiger charge is -2.32. The molecule has 2 atom stereocenters. The van der Waals surface area contributed by atoms with E-state index in [1.54, 1.807) is 20.8 Å². The minimum Gasteiger partial charge on any atom is -0.391 e. The maximum absolute atomic E-state index is 13.0. The van der Waals surface area contributed by atoms with Crippen LogP contribution in [0.1, 0.15) is 43.5 Å². The van der Waals surface area contributed by atoms with Gasteiger partial charge in [0.15, 0.2) is 0 Å². The molecule has 1 aromatic carbocycles. The molecule has 0 radical (unpaired) electrons. The molecule has 0 saturated carbocycles. The number of alkyl halides is 6. The van der Waals surface area contributed by atoms with Crippen molar-refractivity contribution in [3.05, 3.63) is 34.9 Å². The lowest BCUT2D eigenvalue weighted by molar-refractivity contribution is -0.143. The largest absolute Gasteiger partial charge is 0.416 e. The molecule has 0 aliphatic heterocycles. The average molecular weight is 329 g/mol. The van der Waals surface area contributed by atoms with Gasteiger partial charge in [0.05, 0.1) is 23.3 Å². The first kappa shape index (κ1) is 18.8. The van der Waals surface area contributed by atoms with Gasteiger partial charge in [-0.15, -0.1) is 0 Å². The van der Waals surface area contributed by atoms with Crippen molar-refractivity contribution >= 4 is 0 Å². The molecule has 0 aliphatic rings. The summed E-state index contributed by atoms with van der Waals surface area (Å²) < 4.78 is 76.9. The average Bonchev–Trinajstić information content (AvgIpc) is 2.33. The molecular weight excluding hydrogens is 312 g/mol. The number of rotatable bonds is 2. The summed E-state index contributed by atoms with van der Waals surface area (Å²) in [4.78, 5) is 0. The van der Waals surface area contributed by atoms with Crippen LogP contribution in [0.3, 0.4) is 0 Å². The third kappa shape index (κ3) is 4.13. The number of benzene rings is 1. The van der Waals surface area contributed by atoms with Gasteiger partial charge in [0, 0.05) is 0 Å². The summed E-state index contributed by atoms with van der Waals surface area (Å²) in [5.41, 5.74) is 1.35. The van der Waals surface area contributed by atoms with E-state index in [-0.39, 0.29) is 6.07 Å². The fourth-order valence-electron chi connectivity index (χ4n) is 1.98. The van der Waals surface area contributed by atoms with Crippen molar-refractivity contribution in [3.63, 3.8) is 0 Å². The Morgan fingerprint density at radius 3 is 1.82 bits per heavy atom. The highest BCUT2D eigenvalue weighted by Gasteiger charge is 2.41. The highest BCUT2D eigenvalue weighted by atomic mass is 19.4. The lowest BCUT2D eigenvalue weighted by Crippen LogP contribution is -2.38. The Labute approximate surface area is 123 Å². The van der Waals surface area contributed by atoms with Gasteiger partial charge in [0.25, 0.3) is 0 Å². The molecule has 0 aliphatic carbocycles. The molecule has 0 bridgehead atoms. The summed E-state index contributed by atoms with van der Waals surface area (Å²) in [6.07, 6.45) is -11.3. The maximum atomic E-state index is 13.0. The van der Waals surface area contributed by atoms with Crippen LogP contribution in [0.5, 0.6) is 0 Å². The van der Waals surface area contributed by atoms with Crippen molar-refractivity contribution < 1.29 is 31.4 Å². The van der Waals surface area contributed by atoms with Gasteiger partial charge >= 0.3 is 12.4 Å². The lowest BCUT2D eigenvalue weighted by atomic mass is 9.81. The third-order valence-electron chi connectivity index (χ3n) is 3.27. The van der Waals surface area contributed by atoms with Gasteiger partial charge in [0.2, 0.25) is 0 Å². The normalized spacial score (nSPS) is 16.5. The van der Waals surface area contributed by atoms with Crippen LogP contribution in [0.4, 0.5) is 26.3 Å². The van der Waals surface area contributed by atoms with Gasteiger partial charge in [-0.1, -0.05) is 26.8 Å². The summed E-state index contributed by atoms with van der Waals surface area (Å²) in [5.74, 6) is 0. The summed E-state index contributed by atoms with van der Waals surface area (Å²) in [6, 6.07) is -0.241. The SMILES string of the molecule is CC(C)(C)[C@H](O)[C@H](N)c1ccc(C(F)(F)F)cc1C(F)(F)F. The molecule has 126 valence electrons. The quantitative estimate of drug-likeness (QED) is 0.802. The number of hydrogen-bond acceptors (Lipinski definition) is 2. The van der Waals surface area contributed by atoms with Crippen LogP contribution in [-0.2, 0) is 12.4 Å². The highest BCUT2D eigenvalue weighted by molar-refractivity contribution is 5.38. The molecule has 3 N–H and O–H groups in total. The highest BCUT2D eigenvalue weighted by Crippen LogP contribution is 2.40. The van der Waals surface area contributed by atoms with Crippen molar-refractivity contribution in [1.29, 1.82) is 0 Å². The van der Waals surface area contributed by atoms with Crippen LogP contribution in [0, 0.1) is 5.41 Å². The van der Waals surface area contributed by atoms with Crippen molar-refractivity contribution in [2.45, 2.75) is 45.3 Å². The Hall–Kier alpha value is -1.28. The van der Waals surface area contributed by atoms with Crippen LogP contribution < -0.4 is 5.73 Å². The minimum atomic E-state index is -5.01. The molecule has 0 unspecified atom stereocenters. The second-order valence-corrected chi connectivity index (χ2v) is 6.13. The van der Waals surface area contributed by atoms with E-state index in [0.717, 1.165) is 0 Å². The zero-order valence-corrected chi connectivity index (χ0v) is 12.2. The maximum Gasteiger partial charge on any atom is 0.416 e. The Balaban J connectivity index is 3.43. The molecule has 22 heavy (non-hydrogen) atoms. The van der Waals surface area contributed by atoms with Crippen molar-refractivity contribution in [2.24, 2.45) is 11.1 Å². The summed E-state index contributed by atoms with van der Waals surface area (Å²) in [7, 11) is 0. The Morgan fingerprint density at radius 1 is 0.955 bits per heavy atom. The molecule has 0 aromatic heterocycles. The van der Waals surface area contributed by atoms with E-state index in [2.05, 4.69) is 0 Å². The van der Waals surface area contributed by atoms with Gasteiger partial charge in [-0.3, -0.25) is 0 Å². The molecule has 1 aromatic rings. The number of nitrogens with two attached hydrogens (primary N) is 1. The van der Waals surface area contributed by atoms with Gasteiger partial charge in [0.1, 0.15) is 0 Å². The van der Waals surface area contributed by atoms with Gasteiger partial charge in [-0.25, -0.2) is 0 Å². The predicted molar refractivity (Wildman–Crippen MR) is 68.8 cm³/mol. The summed E-state index contributed by atoms with van der Waals surface area (Å²) >= 11 is 0. The van der Waals surface area contributed by atoms with Gasteiger partial charge in [-0.2, -0.15) is 26.3 Å². The van der Waals surface area contributed by atoms with Crippen LogP contribution in [0.15, 0.2) is 18.2 Å². The van der Waals surface area contributed by atoms with Crippen molar-refractivity contribution in [2.75, 3.05) is 0 Å². The molecule has 1 rings (SSSR count). The Morgan fingerprint density at radius 2 is 1.45 bits per heavy atom. The predicted octanol–water partition coefficient (Wildman–Crippen LogP) is 4.13. The van der Waals surface area contributed by atoms with Gasteiger partial charge in [-0.05, 0) is 23.1 Å². The number of hydrogen-bond donors (Lipinski definition) is 2. The van der Waals surface area contributed by atoms with E-state index in [1.807, 2.05) is 0 Å². The minimum absolute atomic E-state index is 0.0184. The molecule has 0 spiro atoms. The van der Waals surface area contributed by atoms with E-state index in [4.69, 9.17) is 5.73 Å². The number of aliphatic hydroxyl groups is 1. The molecule has 0 heterocycles. The molecule has 0 amide bonds. The van der Waals surface area contributed by atoms with Crippen molar-refractivity contribution in [1.82, 2.24) is 0 Å². The van der Waals surface area contributed by atoms with E-state index in [9.17, 15) is 31.4 Å². The van der Waals surface area contributed by atoms with E-state index < -0.39 is 46.6 Å². The zero-order valence-electron chi connectivity index (χ0n) is 12.2. The fraction of sp³-hybridized carbons (Fsp3) is 0.571. The number of aliphatic hydroxyl groups excluding tert-OH is 1. The van der Waals surface area contributed by atoms with E-state index >= 15 is 0 Å². The van der Waals surface area contributed by atoms with Crippen LogP contribution in [0.2, 0.25) is 0 Å². The molecular formula is C14H17F6NO. The molecule has 8 heteroatoms. The second kappa shape index (κ2) is 5.73. The van der Waals surface area contributed by atoms with Crippen LogP contribution in [0.25, 0.3) is 0 Å². The fourth-order valence-corrected chi connectivity index (χ4v) is 1.98. The standard InChI is InChI=1S/C14H17F6NO/c1-12(2,3)11(22)10(21)8-5-4-7(13(15,16)17)6-9(8)14(18,19)20/h4-6,10-11,22H,21H2,1-3H3/t10-,11-/m1/s1. The Kier molecular flexibility index (Phi) is 4.89. The first-order valence-electron chi connectivity index (χ1n) is 6.37. The third-order valence-corrected chi connectivity index (χ3v) is 3.27. The molecule has 0 fully saturated rings. The molecule has 2 nitrogen and oxygen atoms in total. The summed E-state index contributed by atoms with van der Waals surface area (Å²) in [6.45, 7) is 4.69. The van der Waals surface area contributed by atoms with Gasteiger partial charge < -0.3 is 10.8 Å². The molecule has 0 saturated heterocycles. The zero-order chi connectivity index (χ0) is 17.5. The topological polar surface area (TPSA) is 46.2 Å². The summed E-state index contributed by atoms with van der Waals surface area (Å²) in [5, 5.41) is 10.0. The first-order chi connectivity index (χ1) is 9.65. The Bertz CT molecular complexity index is 530. The van der Waals surface area contributed by atoms with Crippen LogP contribution >= 0.6 is 0 Å². The number of halogens is 6. The first-order valence-corrected chi connectivity index (χ1v) is 6.37. The van der Waals surface area contributed by atoms with E-state index in [0.29, 0.717) is 12.1 Å². The smallest absolute Gasteiger partial charge is 0.391 e. The monoisotopic (exact) mass is 329 g/mol. The van der Waals surface area contributed by atoms with Crippen molar-refractivity contribution in [3.8, 4) is 0 Å². The van der Waals surface area contributed by atoms with Crippen LogP contribution in [-0.4, -0.2) is 11.2 Å².